The molecule has 0 saturated carbocycles. The summed E-state index contributed by atoms with van der Waals surface area (Å²) in [5.41, 5.74) is 0.941. The van der Waals surface area contributed by atoms with Crippen LogP contribution in [0.1, 0.15) is 62.0 Å². The van der Waals surface area contributed by atoms with Crippen molar-refractivity contribution in [2.45, 2.75) is 71.4 Å². The van der Waals surface area contributed by atoms with Crippen molar-refractivity contribution in [2.75, 3.05) is 26.7 Å². The SMILES string of the molecule is CN(Cc1nc2c(s1)CCCC2)CC1CCN(C(=O)OC(C)(C)C)CC1. The predicted octanol–water partition coefficient (Wildman–Crippen LogP) is 4.10. The van der Waals surface area contributed by atoms with E-state index in [9.17, 15) is 4.79 Å². The number of thiazole rings is 1. The average molecular weight is 380 g/mol. The molecule has 2 heterocycles. The van der Waals surface area contributed by atoms with Crippen LogP contribution in [-0.2, 0) is 24.1 Å². The molecule has 3 rings (SSSR count). The Morgan fingerprint density at radius 2 is 1.96 bits per heavy atom. The van der Waals surface area contributed by atoms with Crippen molar-refractivity contribution < 1.29 is 9.53 Å². The van der Waals surface area contributed by atoms with Gasteiger partial charge in [-0.1, -0.05) is 0 Å². The third-order valence-corrected chi connectivity index (χ3v) is 6.27. The van der Waals surface area contributed by atoms with Gasteiger partial charge in [-0.3, -0.25) is 4.90 Å². The molecular formula is C20H33N3O2S. The lowest BCUT2D eigenvalue weighted by Crippen LogP contribution is -2.43. The van der Waals surface area contributed by atoms with Gasteiger partial charge in [0, 0.05) is 24.5 Å². The minimum absolute atomic E-state index is 0.169. The number of aromatic nitrogens is 1. The summed E-state index contributed by atoms with van der Waals surface area (Å²) >= 11 is 1.91. The first-order valence-corrected chi connectivity index (χ1v) is 10.8. The summed E-state index contributed by atoms with van der Waals surface area (Å²) in [6, 6.07) is 0. The van der Waals surface area contributed by atoms with Crippen molar-refractivity contribution in [3.05, 3.63) is 15.6 Å². The Hall–Kier alpha value is -1.14. The quantitative estimate of drug-likeness (QED) is 0.790. The van der Waals surface area contributed by atoms with Gasteiger partial charge in [-0.05, 0) is 72.3 Å². The Morgan fingerprint density at radius 1 is 1.27 bits per heavy atom. The number of likely N-dealkylation sites (tertiary alicyclic amines) is 1. The van der Waals surface area contributed by atoms with Crippen molar-refractivity contribution in [3.8, 4) is 0 Å². The number of fused-ring (bicyclic) bond motifs is 1. The number of carbonyl (C=O) groups excluding carboxylic acids is 1. The molecule has 0 bridgehead atoms. The first-order chi connectivity index (χ1) is 12.3. The first kappa shape index (κ1) is 19.6. The van der Waals surface area contributed by atoms with Crippen LogP contribution in [-0.4, -0.2) is 53.2 Å². The summed E-state index contributed by atoms with van der Waals surface area (Å²) in [5.74, 6) is 0.647. The second-order valence-electron chi connectivity index (χ2n) is 8.79. The first-order valence-electron chi connectivity index (χ1n) is 9.94. The van der Waals surface area contributed by atoms with E-state index >= 15 is 0 Å². The topological polar surface area (TPSA) is 45.7 Å². The maximum atomic E-state index is 12.2. The largest absolute Gasteiger partial charge is 0.444 e. The number of hydrogen-bond acceptors (Lipinski definition) is 5. The minimum atomic E-state index is -0.416. The number of nitrogens with zero attached hydrogens (tertiary/aromatic N) is 3. The fourth-order valence-electron chi connectivity index (χ4n) is 3.83. The normalized spacial score (nSPS) is 18.9. The van der Waals surface area contributed by atoms with Crippen LogP contribution in [0.25, 0.3) is 0 Å². The standard InChI is InChI=1S/C20H33N3O2S/c1-20(2,3)25-19(24)23-11-9-15(10-12-23)13-22(4)14-18-21-16-7-5-6-8-17(16)26-18/h15H,5-14H2,1-4H3. The number of aryl methyl sites for hydroxylation is 2. The van der Waals surface area contributed by atoms with Crippen LogP contribution in [0.2, 0.25) is 0 Å². The Balaban J connectivity index is 1.42. The molecule has 0 unspecified atom stereocenters. The van der Waals surface area contributed by atoms with E-state index in [4.69, 9.17) is 9.72 Å². The Morgan fingerprint density at radius 3 is 2.62 bits per heavy atom. The molecule has 1 aromatic rings. The Kier molecular flexibility index (Phi) is 6.23. The van der Waals surface area contributed by atoms with Gasteiger partial charge < -0.3 is 9.64 Å². The molecule has 146 valence electrons. The number of carbonyl (C=O) groups is 1. The Labute approximate surface area is 161 Å². The van der Waals surface area contributed by atoms with Gasteiger partial charge in [-0.2, -0.15) is 0 Å². The molecule has 1 saturated heterocycles. The monoisotopic (exact) mass is 379 g/mol. The maximum absolute atomic E-state index is 12.2. The molecule has 1 fully saturated rings. The van der Waals surface area contributed by atoms with Gasteiger partial charge in [0.15, 0.2) is 0 Å². The second-order valence-corrected chi connectivity index (χ2v) is 9.96. The number of ether oxygens (including phenoxy) is 1. The fourth-order valence-corrected chi connectivity index (χ4v) is 5.07. The number of rotatable bonds is 4. The van der Waals surface area contributed by atoms with E-state index in [1.807, 2.05) is 37.0 Å². The highest BCUT2D eigenvalue weighted by Crippen LogP contribution is 2.28. The van der Waals surface area contributed by atoms with E-state index in [1.165, 1.54) is 41.3 Å². The summed E-state index contributed by atoms with van der Waals surface area (Å²) in [7, 11) is 2.20. The van der Waals surface area contributed by atoms with Crippen LogP contribution in [0.5, 0.6) is 0 Å². The second kappa shape index (κ2) is 8.26. The van der Waals surface area contributed by atoms with Gasteiger partial charge in [0.2, 0.25) is 0 Å². The van der Waals surface area contributed by atoms with Crippen molar-refractivity contribution in [1.29, 1.82) is 0 Å². The van der Waals surface area contributed by atoms with Gasteiger partial charge in [0.25, 0.3) is 0 Å². The molecule has 26 heavy (non-hydrogen) atoms. The maximum Gasteiger partial charge on any atom is 0.410 e. The number of piperidine rings is 1. The van der Waals surface area contributed by atoms with Crippen molar-refractivity contribution >= 4 is 17.4 Å². The summed E-state index contributed by atoms with van der Waals surface area (Å²) in [6.07, 6.45) is 6.94. The highest BCUT2D eigenvalue weighted by molar-refractivity contribution is 7.11. The predicted molar refractivity (Wildman–Crippen MR) is 106 cm³/mol. The van der Waals surface area contributed by atoms with E-state index in [2.05, 4.69) is 11.9 Å². The average Bonchev–Trinajstić information content (AvgIpc) is 2.95. The molecular weight excluding hydrogens is 346 g/mol. The number of amides is 1. The molecule has 2 aliphatic rings. The fraction of sp³-hybridized carbons (Fsp3) is 0.800. The molecule has 0 N–H and O–H groups in total. The molecule has 6 heteroatoms. The smallest absolute Gasteiger partial charge is 0.410 e. The van der Waals surface area contributed by atoms with Gasteiger partial charge >= 0.3 is 6.09 Å². The molecule has 1 aromatic heterocycles. The van der Waals surface area contributed by atoms with E-state index in [0.717, 1.165) is 39.0 Å². The lowest BCUT2D eigenvalue weighted by Gasteiger charge is -2.34. The van der Waals surface area contributed by atoms with Crippen molar-refractivity contribution in [2.24, 2.45) is 5.92 Å². The molecule has 1 aliphatic heterocycles. The summed E-state index contributed by atoms with van der Waals surface area (Å²) in [6.45, 7) is 9.39. The zero-order valence-corrected chi connectivity index (χ0v) is 17.5. The third-order valence-electron chi connectivity index (χ3n) is 5.13. The third kappa shape index (κ3) is 5.43. The Bertz CT molecular complexity index is 592. The van der Waals surface area contributed by atoms with E-state index in [0.29, 0.717) is 5.92 Å². The summed E-state index contributed by atoms with van der Waals surface area (Å²) in [4.78, 5) is 22.8. The van der Waals surface area contributed by atoms with Crippen LogP contribution in [0, 0.1) is 5.92 Å². The van der Waals surface area contributed by atoms with Crippen LogP contribution < -0.4 is 0 Å². The zero-order chi connectivity index (χ0) is 18.7. The summed E-state index contributed by atoms with van der Waals surface area (Å²) in [5, 5.41) is 1.27. The molecule has 1 amide bonds. The van der Waals surface area contributed by atoms with E-state index in [-0.39, 0.29) is 6.09 Å². The van der Waals surface area contributed by atoms with Gasteiger partial charge in [-0.15, -0.1) is 11.3 Å². The molecule has 5 nitrogen and oxygen atoms in total. The highest BCUT2D eigenvalue weighted by atomic mass is 32.1. The van der Waals surface area contributed by atoms with Gasteiger partial charge in [0.05, 0.1) is 12.2 Å². The van der Waals surface area contributed by atoms with Crippen LogP contribution in [0.3, 0.4) is 0 Å². The molecule has 1 aliphatic carbocycles. The molecule has 0 spiro atoms. The molecule has 0 atom stereocenters. The van der Waals surface area contributed by atoms with Crippen molar-refractivity contribution in [1.82, 2.24) is 14.8 Å². The van der Waals surface area contributed by atoms with Gasteiger partial charge in [0.1, 0.15) is 10.6 Å². The molecule has 0 radical (unpaired) electrons. The van der Waals surface area contributed by atoms with Crippen LogP contribution >= 0.6 is 11.3 Å². The van der Waals surface area contributed by atoms with Gasteiger partial charge in [-0.25, -0.2) is 9.78 Å². The van der Waals surface area contributed by atoms with Crippen LogP contribution in [0.15, 0.2) is 0 Å². The summed E-state index contributed by atoms with van der Waals surface area (Å²) < 4.78 is 5.48. The highest BCUT2D eigenvalue weighted by Gasteiger charge is 2.27. The van der Waals surface area contributed by atoms with Crippen molar-refractivity contribution in [3.63, 3.8) is 0 Å². The van der Waals surface area contributed by atoms with E-state index in [1.54, 1.807) is 0 Å². The minimum Gasteiger partial charge on any atom is -0.444 e. The number of hydrogen-bond donors (Lipinski definition) is 0. The lowest BCUT2D eigenvalue weighted by atomic mass is 9.96. The lowest BCUT2D eigenvalue weighted by molar-refractivity contribution is 0.0172. The van der Waals surface area contributed by atoms with Crippen LogP contribution in [0.4, 0.5) is 4.79 Å². The van der Waals surface area contributed by atoms with E-state index < -0.39 is 5.60 Å². The molecule has 0 aromatic carbocycles. The zero-order valence-electron chi connectivity index (χ0n) is 16.7.